The van der Waals surface area contributed by atoms with E-state index >= 15 is 0 Å². The van der Waals surface area contributed by atoms with Crippen molar-refractivity contribution >= 4 is 29.3 Å². The second-order valence-electron chi connectivity index (χ2n) is 4.88. The van der Waals surface area contributed by atoms with E-state index in [1.807, 2.05) is 18.7 Å². The van der Waals surface area contributed by atoms with Crippen LogP contribution >= 0.6 is 23.5 Å². The van der Waals surface area contributed by atoms with Crippen molar-refractivity contribution in [3.63, 3.8) is 0 Å². The molecule has 0 amide bonds. The molecule has 0 fully saturated rings. The highest BCUT2D eigenvalue weighted by atomic mass is 32.2. The third-order valence-electron chi connectivity index (χ3n) is 3.00. The molecule has 5 nitrogen and oxygen atoms in total. The number of hydrogen-bond donors (Lipinski definition) is 1. The maximum Gasteiger partial charge on any atom is 0.256 e. The van der Waals surface area contributed by atoms with Crippen molar-refractivity contribution in [2.24, 2.45) is 0 Å². The Balaban J connectivity index is 1.73. The Kier molecular flexibility index (Phi) is 6.63. The van der Waals surface area contributed by atoms with Crippen molar-refractivity contribution in [1.29, 1.82) is 0 Å². The van der Waals surface area contributed by atoms with Gasteiger partial charge in [-0.25, -0.2) is 4.98 Å². The molecule has 21 heavy (non-hydrogen) atoms. The summed E-state index contributed by atoms with van der Waals surface area (Å²) in [6, 6.07) is 1.59. The van der Waals surface area contributed by atoms with Crippen LogP contribution in [0.2, 0.25) is 0 Å². The second-order valence-corrected chi connectivity index (χ2v) is 7.17. The van der Waals surface area contributed by atoms with E-state index < -0.39 is 0 Å². The highest BCUT2D eigenvalue weighted by Gasteiger charge is 2.09. The highest BCUT2D eigenvalue weighted by molar-refractivity contribution is 8.02. The SMILES string of the molecule is CCCCCCSCCSc1nc2nc(C)cc(O)n2n1. The molecule has 2 aromatic rings. The number of nitrogens with zero attached hydrogens (tertiary/aromatic N) is 4. The van der Waals surface area contributed by atoms with Gasteiger partial charge in [0.05, 0.1) is 0 Å². The number of unbranched alkanes of at least 4 members (excludes halogenated alkanes) is 3. The molecular formula is C14H22N4OS2. The predicted octanol–water partition coefficient (Wildman–Crippen LogP) is 3.54. The molecule has 0 aliphatic heterocycles. The molecule has 2 rings (SSSR count). The first kappa shape index (κ1) is 16.4. The summed E-state index contributed by atoms with van der Waals surface area (Å²) in [5.74, 6) is 3.87. The molecule has 0 saturated carbocycles. The lowest BCUT2D eigenvalue weighted by Crippen LogP contribution is -1.93. The van der Waals surface area contributed by atoms with E-state index in [1.54, 1.807) is 17.8 Å². The molecule has 0 spiro atoms. The molecule has 0 aliphatic carbocycles. The van der Waals surface area contributed by atoms with Gasteiger partial charge in [0.15, 0.2) is 0 Å². The number of aromatic nitrogens is 4. The topological polar surface area (TPSA) is 63.3 Å². The summed E-state index contributed by atoms with van der Waals surface area (Å²) in [5.41, 5.74) is 0.742. The van der Waals surface area contributed by atoms with Crippen LogP contribution in [0.3, 0.4) is 0 Å². The van der Waals surface area contributed by atoms with Gasteiger partial charge in [-0.05, 0) is 19.1 Å². The quantitative estimate of drug-likeness (QED) is 0.562. The van der Waals surface area contributed by atoms with Gasteiger partial charge in [-0.2, -0.15) is 21.3 Å². The van der Waals surface area contributed by atoms with E-state index in [4.69, 9.17) is 0 Å². The normalized spacial score (nSPS) is 11.3. The fourth-order valence-corrected chi connectivity index (χ4v) is 3.82. The van der Waals surface area contributed by atoms with Crippen molar-refractivity contribution in [3.05, 3.63) is 11.8 Å². The van der Waals surface area contributed by atoms with Crippen LogP contribution < -0.4 is 0 Å². The molecule has 1 N–H and O–H groups in total. The number of rotatable bonds is 9. The smallest absolute Gasteiger partial charge is 0.256 e. The summed E-state index contributed by atoms with van der Waals surface area (Å²) in [5, 5.41) is 14.7. The highest BCUT2D eigenvalue weighted by Crippen LogP contribution is 2.19. The van der Waals surface area contributed by atoms with Crippen LogP contribution in [-0.2, 0) is 0 Å². The van der Waals surface area contributed by atoms with Gasteiger partial charge in [-0.3, -0.25) is 0 Å². The van der Waals surface area contributed by atoms with Crippen molar-refractivity contribution in [3.8, 4) is 5.88 Å². The van der Waals surface area contributed by atoms with Gasteiger partial charge in [0.2, 0.25) is 11.0 Å². The zero-order valence-corrected chi connectivity index (χ0v) is 14.2. The first-order valence-corrected chi connectivity index (χ1v) is 9.48. The van der Waals surface area contributed by atoms with Gasteiger partial charge in [-0.15, -0.1) is 5.10 Å². The molecule has 0 bridgehead atoms. The maximum absolute atomic E-state index is 9.78. The van der Waals surface area contributed by atoms with Crippen molar-refractivity contribution in [1.82, 2.24) is 19.6 Å². The van der Waals surface area contributed by atoms with Crippen LogP contribution in [0.5, 0.6) is 5.88 Å². The molecule has 0 aliphatic rings. The van der Waals surface area contributed by atoms with Crippen LogP contribution in [-0.4, -0.2) is 41.9 Å². The van der Waals surface area contributed by atoms with Gasteiger partial charge in [-0.1, -0.05) is 37.9 Å². The van der Waals surface area contributed by atoms with E-state index in [1.165, 1.54) is 36.0 Å². The maximum atomic E-state index is 9.78. The minimum absolute atomic E-state index is 0.0853. The predicted molar refractivity (Wildman–Crippen MR) is 89.4 cm³/mol. The first-order chi connectivity index (χ1) is 10.2. The Bertz CT molecular complexity index is 573. The molecule has 2 heterocycles. The molecule has 0 atom stereocenters. The lowest BCUT2D eigenvalue weighted by Gasteiger charge is -2.00. The van der Waals surface area contributed by atoms with E-state index in [0.29, 0.717) is 10.9 Å². The van der Waals surface area contributed by atoms with Gasteiger partial charge in [0.25, 0.3) is 5.78 Å². The minimum Gasteiger partial charge on any atom is -0.493 e. The summed E-state index contributed by atoms with van der Waals surface area (Å²) in [6.07, 6.45) is 5.29. The number of aromatic hydroxyl groups is 1. The average Bonchev–Trinajstić information content (AvgIpc) is 2.85. The molecule has 2 aromatic heterocycles. The molecule has 0 unspecified atom stereocenters. The number of aryl methyl sites for hydroxylation is 1. The van der Waals surface area contributed by atoms with Gasteiger partial charge in [0, 0.05) is 23.3 Å². The van der Waals surface area contributed by atoms with E-state index in [-0.39, 0.29) is 5.88 Å². The number of thioether (sulfide) groups is 2. The third-order valence-corrected chi connectivity index (χ3v) is 5.17. The first-order valence-electron chi connectivity index (χ1n) is 7.34. The molecule has 116 valence electrons. The van der Waals surface area contributed by atoms with E-state index in [9.17, 15) is 5.11 Å². The fraction of sp³-hybridized carbons (Fsp3) is 0.643. The van der Waals surface area contributed by atoms with Gasteiger partial charge >= 0.3 is 0 Å². The average molecular weight is 326 g/mol. The lowest BCUT2D eigenvalue weighted by atomic mass is 10.2. The van der Waals surface area contributed by atoms with Crippen molar-refractivity contribution in [2.45, 2.75) is 44.7 Å². The van der Waals surface area contributed by atoms with E-state index in [0.717, 1.165) is 17.2 Å². The summed E-state index contributed by atoms with van der Waals surface area (Å²) < 4.78 is 1.38. The minimum atomic E-state index is 0.0853. The monoisotopic (exact) mass is 326 g/mol. The summed E-state index contributed by atoms with van der Waals surface area (Å²) >= 11 is 3.60. The van der Waals surface area contributed by atoms with E-state index in [2.05, 4.69) is 22.0 Å². The molecular weight excluding hydrogens is 304 g/mol. The summed E-state index contributed by atoms with van der Waals surface area (Å²) in [7, 11) is 0. The Labute approximate surface area is 134 Å². The zero-order chi connectivity index (χ0) is 15.1. The van der Waals surface area contributed by atoms with Crippen LogP contribution in [0.25, 0.3) is 5.78 Å². The zero-order valence-electron chi connectivity index (χ0n) is 12.6. The van der Waals surface area contributed by atoms with Crippen molar-refractivity contribution in [2.75, 3.05) is 17.3 Å². The second kappa shape index (κ2) is 8.48. The van der Waals surface area contributed by atoms with Gasteiger partial charge < -0.3 is 5.11 Å². The Morgan fingerprint density at radius 1 is 1.14 bits per heavy atom. The van der Waals surface area contributed by atoms with Crippen LogP contribution in [0, 0.1) is 6.92 Å². The largest absolute Gasteiger partial charge is 0.493 e. The molecule has 0 saturated heterocycles. The third kappa shape index (κ3) is 5.07. The lowest BCUT2D eigenvalue weighted by molar-refractivity contribution is 0.433. The molecule has 0 radical (unpaired) electrons. The Morgan fingerprint density at radius 3 is 2.81 bits per heavy atom. The Hall–Kier alpha value is -0.950. The standard InChI is InChI=1S/C14H22N4OS2/c1-3-4-5-6-7-20-8-9-21-14-16-13-15-11(2)10-12(19)18(13)17-14/h10,19H,3-9H2,1-2H3. The fourth-order valence-electron chi connectivity index (χ4n) is 1.94. The summed E-state index contributed by atoms with van der Waals surface area (Å²) in [6.45, 7) is 4.07. The van der Waals surface area contributed by atoms with Gasteiger partial charge in [0.1, 0.15) is 0 Å². The number of hydrogen-bond acceptors (Lipinski definition) is 6. The Morgan fingerprint density at radius 2 is 2.00 bits per heavy atom. The summed E-state index contributed by atoms with van der Waals surface area (Å²) in [4.78, 5) is 8.58. The van der Waals surface area contributed by atoms with Crippen LogP contribution in [0.4, 0.5) is 0 Å². The number of fused-ring (bicyclic) bond motifs is 1. The van der Waals surface area contributed by atoms with Crippen LogP contribution in [0.15, 0.2) is 11.2 Å². The molecule has 7 heteroatoms. The van der Waals surface area contributed by atoms with Crippen molar-refractivity contribution < 1.29 is 5.11 Å². The van der Waals surface area contributed by atoms with Crippen LogP contribution in [0.1, 0.15) is 38.3 Å². The molecule has 0 aromatic carbocycles.